The summed E-state index contributed by atoms with van der Waals surface area (Å²) >= 11 is 0. The number of nitrogens with one attached hydrogen (secondary N) is 1. The molecule has 1 aromatic heterocycles. The van der Waals surface area contributed by atoms with Crippen molar-refractivity contribution in [3.05, 3.63) is 48.3 Å². The number of pyridine rings is 1. The molecular formula is C17H21N3O3. The van der Waals surface area contributed by atoms with Crippen LogP contribution in [-0.2, 0) is 6.54 Å². The minimum Gasteiger partial charge on any atom is -0.493 e. The van der Waals surface area contributed by atoms with Crippen LogP contribution in [-0.4, -0.2) is 36.7 Å². The second kappa shape index (κ2) is 8.03. The van der Waals surface area contributed by atoms with E-state index >= 15 is 0 Å². The Labute approximate surface area is 136 Å². The molecule has 0 atom stereocenters. The Morgan fingerprint density at radius 3 is 2.78 bits per heavy atom. The maximum atomic E-state index is 12.2. The van der Waals surface area contributed by atoms with Crippen molar-refractivity contribution in [2.75, 3.05) is 26.1 Å². The van der Waals surface area contributed by atoms with Gasteiger partial charge >= 0.3 is 6.03 Å². The molecule has 1 aromatic carbocycles. The summed E-state index contributed by atoms with van der Waals surface area (Å²) in [4.78, 5) is 17.7. The average Bonchev–Trinajstić information content (AvgIpc) is 2.57. The van der Waals surface area contributed by atoms with Crippen LogP contribution in [0.1, 0.15) is 12.5 Å². The van der Waals surface area contributed by atoms with Crippen molar-refractivity contribution in [3.8, 4) is 11.5 Å². The molecule has 2 amide bonds. The SMILES string of the molecule is CCOc1ccc(CN(C)C(=O)Nc2cccnc2)cc1OC. The van der Waals surface area contributed by atoms with Gasteiger partial charge in [-0.1, -0.05) is 6.07 Å². The molecular weight excluding hydrogens is 294 g/mol. The molecule has 0 saturated carbocycles. The third-order valence-corrected chi connectivity index (χ3v) is 3.21. The monoisotopic (exact) mass is 315 g/mol. The quantitative estimate of drug-likeness (QED) is 0.889. The van der Waals surface area contributed by atoms with E-state index in [4.69, 9.17) is 9.47 Å². The van der Waals surface area contributed by atoms with E-state index in [1.165, 1.54) is 0 Å². The summed E-state index contributed by atoms with van der Waals surface area (Å²) in [5.41, 5.74) is 1.61. The molecule has 0 bridgehead atoms. The van der Waals surface area contributed by atoms with Crippen LogP contribution in [0.15, 0.2) is 42.7 Å². The second-order valence-corrected chi connectivity index (χ2v) is 4.95. The topological polar surface area (TPSA) is 63.7 Å². The Morgan fingerprint density at radius 2 is 2.13 bits per heavy atom. The maximum absolute atomic E-state index is 12.2. The lowest BCUT2D eigenvalue weighted by Crippen LogP contribution is -2.30. The molecule has 2 rings (SSSR count). The summed E-state index contributed by atoms with van der Waals surface area (Å²) in [7, 11) is 3.33. The van der Waals surface area contributed by atoms with Gasteiger partial charge in [0.2, 0.25) is 0 Å². The Balaban J connectivity index is 2.01. The second-order valence-electron chi connectivity index (χ2n) is 4.95. The minimum atomic E-state index is -0.203. The van der Waals surface area contributed by atoms with Crippen LogP contribution in [0, 0.1) is 0 Å². The van der Waals surface area contributed by atoms with E-state index in [0.29, 0.717) is 30.3 Å². The van der Waals surface area contributed by atoms with Gasteiger partial charge in [-0.25, -0.2) is 4.79 Å². The van der Waals surface area contributed by atoms with Crippen LogP contribution >= 0.6 is 0 Å². The first kappa shape index (κ1) is 16.6. The molecule has 0 unspecified atom stereocenters. The molecule has 6 nitrogen and oxygen atoms in total. The van der Waals surface area contributed by atoms with Gasteiger partial charge in [-0.15, -0.1) is 0 Å². The van der Waals surface area contributed by atoms with E-state index in [-0.39, 0.29) is 6.03 Å². The summed E-state index contributed by atoms with van der Waals surface area (Å²) in [6.07, 6.45) is 3.26. The number of anilines is 1. The number of ether oxygens (including phenoxy) is 2. The van der Waals surface area contributed by atoms with Crippen LogP contribution in [0.2, 0.25) is 0 Å². The number of hydrogen-bond acceptors (Lipinski definition) is 4. The van der Waals surface area contributed by atoms with Gasteiger partial charge in [0.25, 0.3) is 0 Å². The predicted octanol–water partition coefficient (Wildman–Crippen LogP) is 3.15. The highest BCUT2D eigenvalue weighted by molar-refractivity contribution is 5.88. The average molecular weight is 315 g/mol. The standard InChI is InChI=1S/C17H21N3O3/c1-4-23-15-8-7-13(10-16(15)22-3)12-20(2)17(21)19-14-6-5-9-18-11-14/h5-11H,4,12H2,1-3H3,(H,19,21). The van der Waals surface area contributed by atoms with E-state index < -0.39 is 0 Å². The van der Waals surface area contributed by atoms with E-state index in [1.807, 2.05) is 25.1 Å². The highest BCUT2D eigenvalue weighted by Crippen LogP contribution is 2.28. The zero-order valence-corrected chi connectivity index (χ0v) is 13.6. The first-order valence-corrected chi connectivity index (χ1v) is 7.36. The Morgan fingerprint density at radius 1 is 1.30 bits per heavy atom. The summed E-state index contributed by atoms with van der Waals surface area (Å²) in [6.45, 7) is 2.95. The minimum absolute atomic E-state index is 0.203. The number of hydrogen-bond donors (Lipinski definition) is 1. The molecule has 0 saturated heterocycles. The van der Waals surface area contributed by atoms with Crippen LogP contribution in [0.5, 0.6) is 11.5 Å². The fourth-order valence-corrected chi connectivity index (χ4v) is 2.09. The fraction of sp³-hybridized carbons (Fsp3) is 0.294. The zero-order valence-electron chi connectivity index (χ0n) is 13.6. The summed E-state index contributed by atoms with van der Waals surface area (Å²) < 4.78 is 10.8. The molecule has 23 heavy (non-hydrogen) atoms. The number of nitrogens with zero attached hydrogens (tertiary/aromatic N) is 2. The summed E-state index contributed by atoms with van der Waals surface area (Å²) in [5, 5.41) is 2.79. The van der Waals surface area contributed by atoms with Crippen molar-refractivity contribution in [2.24, 2.45) is 0 Å². The van der Waals surface area contributed by atoms with Crippen molar-refractivity contribution in [1.82, 2.24) is 9.88 Å². The highest BCUT2D eigenvalue weighted by atomic mass is 16.5. The van der Waals surface area contributed by atoms with Gasteiger partial charge in [-0.05, 0) is 36.8 Å². The Hall–Kier alpha value is -2.76. The van der Waals surface area contributed by atoms with Crippen LogP contribution in [0.3, 0.4) is 0 Å². The van der Waals surface area contributed by atoms with Crippen molar-refractivity contribution in [2.45, 2.75) is 13.5 Å². The highest BCUT2D eigenvalue weighted by Gasteiger charge is 2.11. The van der Waals surface area contributed by atoms with Crippen molar-refractivity contribution in [1.29, 1.82) is 0 Å². The third-order valence-electron chi connectivity index (χ3n) is 3.21. The maximum Gasteiger partial charge on any atom is 0.321 e. The predicted molar refractivity (Wildman–Crippen MR) is 88.9 cm³/mol. The number of methoxy groups -OCH3 is 1. The number of carbonyl (C=O) groups is 1. The fourth-order valence-electron chi connectivity index (χ4n) is 2.09. The van der Waals surface area contributed by atoms with E-state index in [0.717, 1.165) is 5.56 Å². The van der Waals surface area contributed by atoms with E-state index in [1.54, 1.807) is 43.6 Å². The molecule has 0 aliphatic rings. The molecule has 0 radical (unpaired) electrons. The molecule has 0 aliphatic heterocycles. The normalized spacial score (nSPS) is 10.0. The van der Waals surface area contributed by atoms with Gasteiger partial charge in [0.15, 0.2) is 11.5 Å². The zero-order chi connectivity index (χ0) is 16.7. The van der Waals surface area contributed by atoms with Gasteiger partial charge in [0, 0.05) is 19.8 Å². The first-order chi connectivity index (χ1) is 11.1. The summed E-state index contributed by atoms with van der Waals surface area (Å²) in [6, 6.07) is 9.00. The Bertz CT molecular complexity index is 647. The lowest BCUT2D eigenvalue weighted by Gasteiger charge is -2.19. The lowest BCUT2D eigenvalue weighted by molar-refractivity contribution is 0.220. The Kier molecular flexibility index (Phi) is 5.80. The van der Waals surface area contributed by atoms with E-state index in [9.17, 15) is 4.79 Å². The van der Waals surface area contributed by atoms with Crippen LogP contribution < -0.4 is 14.8 Å². The smallest absolute Gasteiger partial charge is 0.321 e. The van der Waals surface area contributed by atoms with Crippen LogP contribution in [0.4, 0.5) is 10.5 Å². The number of urea groups is 1. The van der Waals surface area contributed by atoms with Gasteiger partial charge in [-0.2, -0.15) is 0 Å². The number of benzene rings is 1. The molecule has 1 heterocycles. The van der Waals surface area contributed by atoms with Crippen molar-refractivity contribution >= 4 is 11.7 Å². The molecule has 0 aliphatic carbocycles. The van der Waals surface area contributed by atoms with Gasteiger partial charge in [0.05, 0.1) is 25.6 Å². The van der Waals surface area contributed by atoms with Gasteiger partial charge in [0.1, 0.15) is 0 Å². The van der Waals surface area contributed by atoms with Gasteiger partial charge < -0.3 is 19.7 Å². The molecule has 0 fully saturated rings. The van der Waals surface area contributed by atoms with Crippen molar-refractivity contribution < 1.29 is 14.3 Å². The number of aromatic nitrogens is 1. The van der Waals surface area contributed by atoms with Crippen LogP contribution in [0.25, 0.3) is 0 Å². The van der Waals surface area contributed by atoms with Crippen molar-refractivity contribution in [3.63, 3.8) is 0 Å². The molecule has 0 spiro atoms. The number of rotatable bonds is 6. The molecule has 1 N–H and O–H groups in total. The van der Waals surface area contributed by atoms with Gasteiger partial charge in [-0.3, -0.25) is 4.98 Å². The molecule has 2 aromatic rings. The molecule has 6 heteroatoms. The third kappa shape index (κ3) is 4.60. The number of amides is 2. The van der Waals surface area contributed by atoms with E-state index in [2.05, 4.69) is 10.3 Å². The first-order valence-electron chi connectivity index (χ1n) is 7.36. The summed E-state index contributed by atoms with van der Waals surface area (Å²) in [5.74, 6) is 1.35. The molecule has 122 valence electrons. The lowest BCUT2D eigenvalue weighted by atomic mass is 10.2. The number of carbonyl (C=O) groups excluding carboxylic acids is 1. The largest absolute Gasteiger partial charge is 0.493 e.